The molecule has 1 aliphatic heterocycles. The van der Waals surface area contributed by atoms with E-state index in [1.807, 2.05) is 0 Å². The van der Waals surface area contributed by atoms with E-state index in [0.29, 0.717) is 19.5 Å². The van der Waals surface area contributed by atoms with Crippen LogP contribution >= 0.6 is 0 Å². The molecule has 0 bridgehead atoms. The molecule has 10 nitrogen and oxygen atoms in total. The Morgan fingerprint density at radius 2 is 1.77 bits per heavy atom. The van der Waals surface area contributed by atoms with E-state index >= 15 is 0 Å². The number of aliphatic carboxylic acids is 1. The van der Waals surface area contributed by atoms with Crippen molar-refractivity contribution in [3.8, 4) is 5.75 Å². The lowest BCUT2D eigenvalue weighted by Crippen LogP contribution is -2.61. The fourth-order valence-electron chi connectivity index (χ4n) is 3.14. The Labute approximate surface area is 178 Å². The first-order chi connectivity index (χ1) is 14.8. The number of aliphatic hydroxyl groups is 3. The molecule has 1 heterocycles. The van der Waals surface area contributed by atoms with Crippen molar-refractivity contribution in [1.29, 1.82) is 0 Å². The number of carbonyl (C=O) groups excluding carboxylic acids is 1. The van der Waals surface area contributed by atoms with Gasteiger partial charge in [0.15, 0.2) is 6.10 Å². The first kappa shape index (κ1) is 25.0. The normalized spacial score (nSPS) is 26.8. The molecule has 7 N–H and O–H groups in total. The smallest absolute Gasteiger partial charge is 0.335 e. The Morgan fingerprint density at radius 3 is 2.45 bits per heavy atom. The SMILES string of the molecule is NCCCCCCNC(=O)C(F)c1ccccc1OC1OC(C(=O)O)C(O)C(O)C1O. The molecule has 1 saturated heterocycles. The first-order valence-electron chi connectivity index (χ1n) is 10.1. The topological polar surface area (TPSA) is 172 Å². The molecule has 1 fully saturated rings. The summed E-state index contributed by atoms with van der Waals surface area (Å²) in [7, 11) is 0. The van der Waals surface area contributed by atoms with Gasteiger partial charge in [-0.25, -0.2) is 9.18 Å². The standard InChI is InChI=1S/C20H29FN2O8/c21-13(18(27)23-10-6-2-1-5-9-22)11-7-3-4-8-12(11)30-20-16(26)14(24)15(25)17(31-20)19(28)29/h3-4,7-8,13-17,20,24-26H,1-2,5-6,9-10,22H2,(H,23,27)(H,28,29). The number of amides is 1. The van der Waals surface area contributed by atoms with E-state index in [4.69, 9.17) is 20.3 Å². The number of alkyl halides is 1. The lowest BCUT2D eigenvalue weighted by Gasteiger charge is -2.38. The summed E-state index contributed by atoms with van der Waals surface area (Å²) in [5.74, 6) is -2.63. The number of hydrogen-bond acceptors (Lipinski definition) is 8. The number of aliphatic hydroxyl groups excluding tert-OH is 3. The minimum absolute atomic E-state index is 0.161. The first-order valence-corrected chi connectivity index (χ1v) is 10.1. The van der Waals surface area contributed by atoms with E-state index in [-0.39, 0.29) is 11.3 Å². The van der Waals surface area contributed by atoms with Crippen LogP contribution in [-0.2, 0) is 14.3 Å². The molecule has 1 amide bonds. The summed E-state index contributed by atoms with van der Waals surface area (Å²) in [6.07, 6.45) is -7.89. The van der Waals surface area contributed by atoms with E-state index in [9.17, 15) is 29.3 Å². The average Bonchev–Trinajstić information content (AvgIpc) is 2.76. The van der Waals surface area contributed by atoms with Gasteiger partial charge < -0.3 is 41.0 Å². The van der Waals surface area contributed by atoms with Crippen molar-refractivity contribution in [2.75, 3.05) is 13.1 Å². The Bertz CT molecular complexity index is 737. The summed E-state index contributed by atoms with van der Waals surface area (Å²) in [6.45, 7) is 0.889. The van der Waals surface area contributed by atoms with Crippen molar-refractivity contribution in [1.82, 2.24) is 5.32 Å². The third-order valence-corrected chi connectivity index (χ3v) is 4.91. The lowest BCUT2D eigenvalue weighted by atomic mass is 9.99. The van der Waals surface area contributed by atoms with Crippen LogP contribution in [0.1, 0.15) is 37.4 Å². The minimum atomic E-state index is -2.09. The monoisotopic (exact) mass is 444 g/mol. The zero-order chi connectivity index (χ0) is 23.0. The largest absolute Gasteiger partial charge is 0.479 e. The number of nitrogens with two attached hydrogens (primary N) is 1. The molecule has 0 aromatic heterocycles. The molecule has 1 aliphatic rings. The van der Waals surface area contributed by atoms with Crippen molar-refractivity contribution in [3.05, 3.63) is 29.8 Å². The van der Waals surface area contributed by atoms with Gasteiger partial charge in [-0.1, -0.05) is 31.0 Å². The van der Waals surface area contributed by atoms with Gasteiger partial charge in [-0.05, 0) is 25.5 Å². The maximum Gasteiger partial charge on any atom is 0.335 e. The second-order valence-corrected chi connectivity index (χ2v) is 7.25. The van der Waals surface area contributed by atoms with Crippen molar-refractivity contribution < 1.29 is 43.9 Å². The number of carbonyl (C=O) groups is 2. The summed E-state index contributed by atoms with van der Waals surface area (Å²) in [4.78, 5) is 23.4. The maximum absolute atomic E-state index is 14.8. The van der Waals surface area contributed by atoms with Crippen molar-refractivity contribution >= 4 is 11.9 Å². The molecule has 11 heteroatoms. The average molecular weight is 444 g/mol. The molecule has 31 heavy (non-hydrogen) atoms. The lowest BCUT2D eigenvalue weighted by molar-refractivity contribution is -0.271. The Balaban J connectivity index is 2.04. The maximum atomic E-state index is 14.8. The molecule has 1 aromatic rings. The summed E-state index contributed by atoms with van der Waals surface area (Å²) in [5, 5.41) is 41.3. The van der Waals surface area contributed by atoms with Crippen molar-refractivity contribution in [3.63, 3.8) is 0 Å². The predicted octanol–water partition coefficient (Wildman–Crippen LogP) is -0.396. The van der Waals surface area contributed by atoms with Crippen LogP contribution in [0.2, 0.25) is 0 Å². The van der Waals surface area contributed by atoms with Gasteiger partial charge in [-0.3, -0.25) is 4.79 Å². The number of rotatable bonds is 11. The number of ether oxygens (including phenoxy) is 2. The van der Waals surface area contributed by atoms with Crippen LogP contribution in [0.4, 0.5) is 4.39 Å². The fraction of sp³-hybridized carbons (Fsp3) is 0.600. The van der Waals surface area contributed by atoms with E-state index in [1.165, 1.54) is 24.3 Å². The number of halogens is 1. The van der Waals surface area contributed by atoms with E-state index in [1.54, 1.807) is 0 Å². The number of benzene rings is 1. The number of unbranched alkanes of at least 4 members (excludes halogenated alkanes) is 3. The highest BCUT2D eigenvalue weighted by molar-refractivity contribution is 5.82. The van der Waals surface area contributed by atoms with Crippen LogP contribution in [0.3, 0.4) is 0 Å². The molecule has 0 radical (unpaired) electrons. The van der Waals surface area contributed by atoms with Gasteiger partial charge in [0.2, 0.25) is 12.5 Å². The predicted molar refractivity (Wildman–Crippen MR) is 106 cm³/mol. The number of carboxylic acids is 1. The van der Waals surface area contributed by atoms with Crippen molar-refractivity contribution in [2.24, 2.45) is 5.73 Å². The van der Waals surface area contributed by atoms with E-state index in [0.717, 1.165) is 19.3 Å². The molecule has 0 aliphatic carbocycles. The Kier molecular flexibility index (Phi) is 9.59. The third kappa shape index (κ3) is 6.58. The van der Waals surface area contributed by atoms with Crippen LogP contribution in [0.15, 0.2) is 24.3 Å². The second kappa shape index (κ2) is 11.9. The van der Waals surface area contributed by atoms with Crippen LogP contribution in [-0.4, -0.2) is 76.1 Å². The highest BCUT2D eigenvalue weighted by Crippen LogP contribution is 2.31. The van der Waals surface area contributed by atoms with Crippen molar-refractivity contribution in [2.45, 2.75) is 62.6 Å². The summed E-state index contributed by atoms with van der Waals surface area (Å²) in [5.41, 5.74) is 5.25. The zero-order valence-electron chi connectivity index (χ0n) is 16.9. The van der Waals surface area contributed by atoms with Crippen LogP contribution < -0.4 is 15.8 Å². The number of carboxylic acid groups (broad SMARTS) is 1. The molecule has 1 aromatic carbocycles. The molecular weight excluding hydrogens is 415 g/mol. The Morgan fingerprint density at radius 1 is 1.10 bits per heavy atom. The molecule has 0 saturated carbocycles. The van der Waals surface area contributed by atoms with Crippen LogP contribution in [0.5, 0.6) is 5.75 Å². The van der Waals surface area contributed by atoms with Gasteiger partial charge in [0, 0.05) is 12.1 Å². The molecule has 2 rings (SSSR count). The molecular formula is C20H29FN2O8. The summed E-state index contributed by atoms with van der Waals surface area (Å²) < 4.78 is 25.3. The quantitative estimate of drug-likeness (QED) is 0.248. The second-order valence-electron chi connectivity index (χ2n) is 7.25. The van der Waals surface area contributed by atoms with Gasteiger partial charge in [-0.2, -0.15) is 0 Å². The highest BCUT2D eigenvalue weighted by Gasteiger charge is 2.48. The number of hydrogen-bond donors (Lipinski definition) is 6. The zero-order valence-corrected chi connectivity index (χ0v) is 16.9. The minimum Gasteiger partial charge on any atom is -0.479 e. The van der Waals surface area contributed by atoms with Gasteiger partial charge in [0.05, 0.1) is 0 Å². The van der Waals surface area contributed by atoms with E-state index < -0.39 is 48.8 Å². The summed E-state index contributed by atoms with van der Waals surface area (Å²) >= 11 is 0. The van der Waals surface area contributed by atoms with Crippen LogP contribution in [0, 0.1) is 0 Å². The molecule has 6 unspecified atom stereocenters. The molecule has 0 spiro atoms. The van der Waals surface area contributed by atoms with E-state index in [2.05, 4.69) is 5.32 Å². The number of para-hydroxylation sites is 1. The van der Waals surface area contributed by atoms with Gasteiger partial charge in [0.25, 0.3) is 5.91 Å². The fourth-order valence-corrected chi connectivity index (χ4v) is 3.14. The number of nitrogens with one attached hydrogen (secondary N) is 1. The summed E-state index contributed by atoms with van der Waals surface area (Å²) in [6, 6.07) is 5.57. The molecule has 6 atom stereocenters. The molecule has 174 valence electrons. The highest BCUT2D eigenvalue weighted by atomic mass is 19.1. The third-order valence-electron chi connectivity index (χ3n) is 4.91. The Hall–Kier alpha value is -2.31. The van der Waals surface area contributed by atoms with Crippen LogP contribution in [0.25, 0.3) is 0 Å². The van der Waals surface area contributed by atoms with Gasteiger partial charge >= 0.3 is 5.97 Å². The van der Waals surface area contributed by atoms with Gasteiger partial charge in [-0.15, -0.1) is 0 Å². The van der Waals surface area contributed by atoms with Gasteiger partial charge in [0.1, 0.15) is 24.1 Å².